The summed E-state index contributed by atoms with van der Waals surface area (Å²) in [6.07, 6.45) is 7.82. The van der Waals surface area contributed by atoms with Crippen molar-refractivity contribution in [2.75, 3.05) is 0 Å². The van der Waals surface area contributed by atoms with Gasteiger partial charge in [-0.3, -0.25) is 14.6 Å². The number of rotatable bonds is 8. The first-order chi connectivity index (χ1) is 9.15. The van der Waals surface area contributed by atoms with E-state index in [0.717, 1.165) is 25.7 Å². The van der Waals surface area contributed by atoms with E-state index in [-0.39, 0.29) is 5.91 Å². The molecule has 5 nitrogen and oxygen atoms in total. The summed E-state index contributed by atoms with van der Waals surface area (Å²) >= 11 is 0. The molecule has 19 heavy (non-hydrogen) atoms. The molecule has 0 spiro atoms. The number of hydrogen-bond donors (Lipinski definition) is 2. The predicted octanol–water partition coefficient (Wildman–Crippen LogP) is 1.64. The molecule has 0 aliphatic heterocycles. The van der Waals surface area contributed by atoms with Gasteiger partial charge in [0.2, 0.25) is 5.91 Å². The predicted molar refractivity (Wildman–Crippen MR) is 73.4 cm³/mol. The number of aromatic nitrogens is 1. The molecule has 1 aromatic heterocycles. The second kappa shape index (κ2) is 8.24. The van der Waals surface area contributed by atoms with Gasteiger partial charge in [0.05, 0.1) is 5.56 Å². The largest absolute Gasteiger partial charge is 0.368 e. The summed E-state index contributed by atoms with van der Waals surface area (Å²) in [5, 5.41) is 2.66. The van der Waals surface area contributed by atoms with Gasteiger partial charge in [-0.15, -0.1) is 0 Å². The molecule has 1 heterocycles. The molecule has 2 amide bonds. The Labute approximate surface area is 113 Å². The zero-order valence-electron chi connectivity index (χ0n) is 11.3. The fraction of sp³-hybridized carbons (Fsp3) is 0.500. The highest BCUT2D eigenvalue weighted by Crippen LogP contribution is 2.06. The summed E-state index contributed by atoms with van der Waals surface area (Å²) in [7, 11) is 0. The monoisotopic (exact) mass is 263 g/mol. The van der Waals surface area contributed by atoms with Gasteiger partial charge in [-0.25, -0.2) is 0 Å². The summed E-state index contributed by atoms with van der Waals surface area (Å²) in [5.74, 6) is -0.805. The lowest BCUT2D eigenvalue weighted by atomic mass is 10.1. The van der Waals surface area contributed by atoms with Gasteiger partial charge in [-0.05, 0) is 18.6 Å². The van der Waals surface area contributed by atoms with E-state index >= 15 is 0 Å². The number of primary amides is 1. The molecule has 0 aliphatic carbocycles. The molecular weight excluding hydrogens is 242 g/mol. The minimum Gasteiger partial charge on any atom is -0.368 e. The Hall–Kier alpha value is -1.91. The third kappa shape index (κ3) is 5.50. The third-order valence-electron chi connectivity index (χ3n) is 2.92. The van der Waals surface area contributed by atoms with Gasteiger partial charge in [-0.1, -0.05) is 32.6 Å². The summed E-state index contributed by atoms with van der Waals surface area (Å²) in [5.41, 5.74) is 5.74. The van der Waals surface area contributed by atoms with Crippen LogP contribution in [0.4, 0.5) is 0 Å². The van der Waals surface area contributed by atoms with E-state index in [1.54, 1.807) is 18.3 Å². The number of carbonyl (C=O) groups excluding carboxylic acids is 2. The summed E-state index contributed by atoms with van der Waals surface area (Å²) in [4.78, 5) is 27.1. The van der Waals surface area contributed by atoms with Crippen LogP contribution < -0.4 is 11.1 Å². The Balaban J connectivity index is 2.49. The number of nitrogens with zero attached hydrogens (tertiary/aromatic N) is 1. The molecule has 0 radical (unpaired) electrons. The maximum atomic E-state index is 11.9. The molecular formula is C14H21N3O2. The Morgan fingerprint density at radius 2 is 2.16 bits per heavy atom. The Morgan fingerprint density at radius 1 is 1.37 bits per heavy atom. The van der Waals surface area contributed by atoms with Crippen LogP contribution in [0.2, 0.25) is 0 Å². The first-order valence-corrected chi connectivity index (χ1v) is 6.65. The molecule has 104 valence electrons. The van der Waals surface area contributed by atoms with Crippen LogP contribution in [-0.2, 0) is 4.79 Å². The van der Waals surface area contributed by atoms with Crippen molar-refractivity contribution in [1.29, 1.82) is 0 Å². The van der Waals surface area contributed by atoms with Gasteiger partial charge < -0.3 is 11.1 Å². The van der Waals surface area contributed by atoms with Crippen molar-refractivity contribution < 1.29 is 9.59 Å². The molecule has 5 heteroatoms. The molecule has 1 atom stereocenters. The third-order valence-corrected chi connectivity index (χ3v) is 2.92. The summed E-state index contributed by atoms with van der Waals surface area (Å²) in [6, 6.07) is 2.72. The number of pyridine rings is 1. The molecule has 0 fully saturated rings. The van der Waals surface area contributed by atoms with Crippen molar-refractivity contribution in [1.82, 2.24) is 10.3 Å². The van der Waals surface area contributed by atoms with Crippen molar-refractivity contribution in [3.8, 4) is 0 Å². The van der Waals surface area contributed by atoms with Crippen LogP contribution in [0.1, 0.15) is 49.4 Å². The van der Waals surface area contributed by atoms with Crippen molar-refractivity contribution in [3.05, 3.63) is 30.1 Å². The van der Waals surface area contributed by atoms with Crippen LogP contribution in [0, 0.1) is 0 Å². The fourth-order valence-corrected chi connectivity index (χ4v) is 1.80. The standard InChI is InChI=1S/C14H21N3O2/c1-2-3-4-5-8-12(13(15)18)17-14(19)11-7-6-9-16-10-11/h6-7,9-10,12H,2-5,8H2,1H3,(H2,15,18)(H,17,19)/t12-/m0/s1. The Morgan fingerprint density at radius 3 is 2.74 bits per heavy atom. The smallest absolute Gasteiger partial charge is 0.253 e. The van der Waals surface area contributed by atoms with Crippen LogP contribution >= 0.6 is 0 Å². The molecule has 1 rings (SSSR count). The lowest BCUT2D eigenvalue weighted by Crippen LogP contribution is -2.44. The minimum absolute atomic E-state index is 0.313. The molecule has 0 saturated heterocycles. The van der Waals surface area contributed by atoms with Crippen molar-refractivity contribution in [2.45, 2.75) is 45.1 Å². The molecule has 0 aromatic carbocycles. The lowest BCUT2D eigenvalue weighted by molar-refractivity contribution is -0.120. The van der Waals surface area contributed by atoms with Crippen LogP contribution in [0.25, 0.3) is 0 Å². The van der Waals surface area contributed by atoms with E-state index in [0.29, 0.717) is 12.0 Å². The first-order valence-electron chi connectivity index (χ1n) is 6.65. The molecule has 0 aliphatic rings. The maximum absolute atomic E-state index is 11.9. The first kappa shape index (κ1) is 15.1. The quantitative estimate of drug-likeness (QED) is 0.699. The van der Waals surface area contributed by atoms with Crippen molar-refractivity contribution in [2.24, 2.45) is 5.73 Å². The van der Waals surface area contributed by atoms with Gasteiger partial charge in [0.15, 0.2) is 0 Å². The fourth-order valence-electron chi connectivity index (χ4n) is 1.80. The second-order valence-corrected chi connectivity index (χ2v) is 4.52. The van der Waals surface area contributed by atoms with Gasteiger partial charge >= 0.3 is 0 Å². The Kier molecular flexibility index (Phi) is 6.57. The molecule has 0 saturated carbocycles. The number of nitrogens with one attached hydrogen (secondary N) is 1. The van der Waals surface area contributed by atoms with Crippen molar-refractivity contribution >= 4 is 11.8 Å². The summed E-state index contributed by atoms with van der Waals surface area (Å²) in [6.45, 7) is 2.12. The average molecular weight is 263 g/mol. The molecule has 0 bridgehead atoms. The van der Waals surface area contributed by atoms with Gasteiger partial charge in [-0.2, -0.15) is 0 Å². The van der Waals surface area contributed by atoms with Crippen LogP contribution in [-0.4, -0.2) is 22.8 Å². The SMILES string of the molecule is CCCCCC[C@H](NC(=O)c1cccnc1)C(N)=O. The van der Waals surface area contributed by atoms with E-state index in [9.17, 15) is 9.59 Å². The zero-order valence-corrected chi connectivity index (χ0v) is 11.3. The molecule has 1 aromatic rings. The molecule has 3 N–H and O–H groups in total. The van der Waals surface area contributed by atoms with E-state index < -0.39 is 11.9 Å². The molecule has 0 unspecified atom stereocenters. The highest BCUT2D eigenvalue weighted by Gasteiger charge is 2.18. The van der Waals surface area contributed by atoms with Gasteiger partial charge in [0.1, 0.15) is 6.04 Å². The number of unbranched alkanes of at least 4 members (excludes halogenated alkanes) is 3. The minimum atomic E-state index is -0.607. The summed E-state index contributed by atoms with van der Waals surface area (Å²) < 4.78 is 0. The van der Waals surface area contributed by atoms with Gasteiger partial charge in [0.25, 0.3) is 5.91 Å². The second-order valence-electron chi connectivity index (χ2n) is 4.52. The number of nitrogens with two attached hydrogens (primary N) is 1. The number of hydrogen-bond acceptors (Lipinski definition) is 3. The van der Waals surface area contributed by atoms with Gasteiger partial charge in [0, 0.05) is 12.4 Å². The normalized spacial score (nSPS) is 11.8. The van der Waals surface area contributed by atoms with Crippen LogP contribution in [0.3, 0.4) is 0 Å². The van der Waals surface area contributed by atoms with E-state index in [1.165, 1.54) is 6.20 Å². The topological polar surface area (TPSA) is 85.1 Å². The Bertz CT molecular complexity index is 406. The number of carbonyl (C=O) groups is 2. The highest BCUT2D eigenvalue weighted by atomic mass is 16.2. The highest BCUT2D eigenvalue weighted by molar-refractivity contribution is 5.96. The van der Waals surface area contributed by atoms with E-state index in [4.69, 9.17) is 5.73 Å². The average Bonchev–Trinajstić information content (AvgIpc) is 2.42. The lowest BCUT2D eigenvalue weighted by Gasteiger charge is -2.15. The van der Waals surface area contributed by atoms with Crippen LogP contribution in [0.15, 0.2) is 24.5 Å². The van der Waals surface area contributed by atoms with E-state index in [2.05, 4.69) is 17.2 Å². The zero-order chi connectivity index (χ0) is 14.1. The van der Waals surface area contributed by atoms with Crippen molar-refractivity contribution in [3.63, 3.8) is 0 Å². The van der Waals surface area contributed by atoms with E-state index in [1.807, 2.05) is 0 Å². The number of amides is 2. The maximum Gasteiger partial charge on any atom is 0.253 e. The van der Waals surface area contributed by atoms with Crippen LogP contribution in [0.5, 0.6) is 0 Å².